The minimum Gasteiger partial charge on any atom is -0.481 e. The molecular formula is C26H28N2O5. The summed E-state index contributed by atoms with van der Waals surface area (Å²) in [5.74, 6) is -1.72. The second-order valence-corrected chi connectivity index (χ2v) is 9.38. The Balaban J connectivity index is 1.18. The van der Waals surface area contributed by atoms with Crippen molar-refractivity contribution in [1.82, 2.24) is 10.6 Å². The molecule has 3 N–H and O–H groups in total. The lowest BCUT2D eigenvalue weighted by atomic mass is 9.76. The third kappa shape index (κ3) is 4.08. The van der Waals surface area contributed by atoms with Crippen molar-refractivity contribution in [3.8, 4) is 11.1 Å². The summed E-state index contributed by atoms with van der Waals surface area (Å²) in [6.45, 7) is 0.271. The smallest absolute Gasteiger partial charge is 0.408 e. The van der Waals surface area contributed by atoms with Crippen molar-refractivity contribution in [2.24, 2.45) is 11.8 Å². The molecule has 0 aromatic heterocycles. The number of fused-ring (bicyclic) bond motifs is 3. The van der Waals surface area contributed by atoms with E-state index in [9.17, 15) is 19.5 Å². The van der Waals surface area contributed by atoms with E-state index in [-0.39, 0.29) is 30.9 Å². The largest absolute Gasteiger partial charge is 0.481 e. The van der Waals surface area contributed by atoms with E-state index in [2.05, 4.69) is 34.9 Å². The van der Waals surface area contributed by atoms with Crippen LogP contribution in [0.25, 0.3) is 11.1 Å². The maximum Gasteiger partial charge on any atom is 0.408 e. The number of rotatable bonds is 8. The Morgan fingerprint density at radius 1 is 1.00 bits per heavy atom. The highest BCUT2D eigenvalue weighted by Crippen LogP contribution is 2.44. The van der Waals surface area contributed by atoms with Crippen molar-refractivity contribution in [2.45, 2.75) is 43.6 Å². The van der Waals surface area contributed by atoms with Gasteiger partial charge in [-0.3, -0.25) is 9.59 Å². The van der Waals surface area contributed by atoms with Crippen LogP contribution in [0.15, 0.2) is 48.5 Å². The van der Waals surface area contributed by atoms with Crippen molar-refractivity contribution in [3.05, 3.63) is 59.7 Å². The maximum atomic E-state index is 12.7. The van der Waals surface area contributed by atoms with Gasteiger partial charge in [-0.2, -0.15) is 0 Å². The Kier molecular flexibility index (Phi) is 5.56. The first kappa shape index (κ1) is 21.5. The Morgan fingerprint density at radius 3 is 2.12 bits per heavy atom. The molecule has 33 heavy (non-hydrogen) atoms. The van der Waals surface area contributed by atoms with Gasteiger partial charge in [0.05, 0.1) is 5.92 Å². The third-order valence-electron chi connectivity index (χ3n) is 7.39. The van der Waals surface area contributed by atoms with Crippen LogP contribution in [0, 0.1) is 11.8 Å². The molecule has 5 rings (SSSR count). The summed E-state index contributed by atoms with van der Waals surface area (Å²) in [6.07, 6.45) is 3.22. The molecule has 172 valence electrons. The van der Waals surface area contributed by atoms with Crippen LogP contribution in [0.3, 0.4) is 0 Å². The molecular weight excluding hydrogens is 420 g/mol. The molecule has 2 amide bonds. The van der Waals surface area contributed by atoms with E-state index in [1.807, 2.05) is 24.3 Å². The number of benzene rings is 2. The van der Waals surface area contributed by atoms with E-state index in [1.165, 1.54) is 0 Å². The molecule has 3 aliphatic carbocycles. The number of carboxylic acid groups (broad SMARTS) is 1. The van der Waals surface area contributed by atoms with Gasteiger partial charge in [-0.05, 0) is 53.9 Å². The van der Waals surface area contributed by atoms with Crippen molar-refractivity contribution < 1.29 is 24.2 Å². The van der Waals surface area contributed by atoms with Gasteiger partial charge in [0, 0.05) is 12.5 Å². The zero-order chi connectivity index (χ0) is 23.0. The molecule has 2 aromatic rings. The number of amides is 2. The van der Waals surface area contributed by atoms with Crippen LogP contribution in [0.5, 0.6) is 0 Å². The predicted molar refractivity (Wildman–Crippen MR) is 122 cm³/mol. The Bertz CT molecular complexity index is 1040. The number of carboxylic acids is 1. The molecule has 1 unspecified atom stereocenters. The summed E-state index contributed by atoms with van der Waals surface area (Å²) < 4.78 is 5.57. The quantitative estimate of drug-likeness (QED) is 0.572. The van der Waals surface area contributed by atoms with Gasteiger partial charge in [0.1, 0.15) is 12.1 Å². The molecule has 0 spiro atoms. The highest BCUT2D eigenvalue weighted by Gasteiger charge is 2.52. The average molecular weight is 449 g/mol. The van der Waals surface area contributed by atoms with Crippen molar-refractivity contribution >= 4 is 18.0 Å². The minimum atomic E-state index is -0.995. The summed E-state index contributed by atoms with van der Waals surface area (Å²) in [7, 11) is 0. The van der Waals surface area contributed by atoms with Gasteiger partial charge < -0.3 is 20.5 Å². The zero-order valence-electron chi connectivity index (χ0n) is 18.4. The lowest BCUT2D eigenvalue weighted by Crippen LogP contribution is -2.51. The zero-order valence-corrected chi connectivity index (χ0v) is 18.4. The first-order chi connectivity index (χ1) is 16.0. The third-order valence-corrected chi connectivity index (χ3v) is 7.39. The molecule has 2 aromatic carbocycles. The molecule has 7 heteroatoms. The van der Waals surface area contributed by atoms with Crippen LogP contribution >= 0.6 is 0 Å². The first-order valence-electron chi connectivity index (χ1n) is 11.6. The van der Waals surface area contributed by atoms with Gasteiger partial charge in [-0.1, -0.05) is 55.0 Å². The minimum absolute atomic E-state index is 0.0501. The first-order valence-corrected chi connectivity index (χ1v) is 11.6. The number of carbonyl (C=O) groups excluding carboxylic acids is 2. The number of carbonyl (C=O) groups is 3. The lowest BCUT2D eigenvalue weighted by molar-refractivity contribution is -0.145. The van der Waals surface area contributed by atoms with Crippen LogP contribution in [-0.2, 0) is 14.3 Å². The van der Waals surface area contributed by atoms with E-state index < -0.39 is 23.5 Å². The normalized spacial score (nSPS) is 18.9. The van der Waals surface area contributed by atoms with Gasteiger partial charge >= 0.3 is 12.1 Å². The van der Waals surface area contributed by atoms with Gasteiger partial charge in [0.25, 0.3) is 0 Å². The van der Waals surface area contributed by atoms with Gasteiger partial charge in [-0.15, -0.1) is 0 Å². The monoisotopic (exact) mass is 448 g/mol. The van der Waals surface area contributed by atoms with E-state index in [0.717, 1.165) is 41.5 Å². The molecule has 0 aliphatic heterocycles. The molecule has 3 aliphatic rings. The maximum absolute atomic E-state index is 12.7. The Labute approximate surface area is 192 Å². The fourth-order valence-electron chi connectivity index (χ4n) is 5.03. The Morgan fingerprint density at radius 2 is 1.61 bits per heavy atom. The molecule has 7 nitrogen and oxygen atoms in total. The van der Waals surface area contributed by atoms with Crippen molar-refractivity contribution in [1.29, 1.82) is 0 Å². The van der Waals surface area contributed by atoms with Crippen LogP contribution < -0.4 is 10.6 Å². The van der Waals surface area contributed by atoms with Crippen molar-refractivity contribution in [2.75, 3.05) is 13.2 Å². The summed E-state index contributed by atoms with van der Waals surface area (Å²) >= 11 is 0. The van der Waals surface area contributed by atoms with Crippen LogP contribution in [0.4, 0.5) is 4.79 Å². The van der Waals surface area contributed by atoms with Crippen LogP contribution in [0.1, 0.15) is 49.1 Å². The van der Waals surface area contributed by atoms with E-state index in [4.69, 9.17) is 4.74 Å². The highest BCUT2D eigenvalue weighted by molar-refractivity contribution is 5.93. The number of aliphatic carboxylic acids is 1. The molecule has 0 bridgehead atoms. The average Bonchev–Trinajstić information content (AvgIpc) is 3.49. The number of alkyl carbamates (subject to hydrolysis) is 1. The molecule has 0 radical (unpaired) electrons. The van der Waals surface area contributed by atoms with E-state index in [0.29, 0.717) is 12.8 Å². The molecule has 2 fully saturated rings. The highest BCUT2D eigenvalue weighted by atomic mass is 16.5. The van der Waals surface area contributed by atoms with E-state index >= 15 is 0 Å². The summed E-state index contributed by atoms with van der Waals surface area (Å²) in [5.41, 5.74) is 3.56. The number of hydrogen-bond donors (Lipinski definition) is 3. The molecule has 1 atom stereocenters. The van der Waals surface area contributed by atoms with E-state index in [1.54, 1.807) is 0 Å². The van der Waals surface area contributed by atoms with Gasteiger partial charge in [0.2, 0.25) is 5.91 Å². The number of hydrogen-bond acceptors (Lipinski definition) is 4. The standard InChI is InChI=1S/C26H28N2O5/c29-23(30)21(16-6-5-7-16)14-27-24(31)26(12-13-26)28-25(32)33-15-22-19-10-3-1-8-17(19)18-9-2-4-11-20(18)22/h1-4,8-11,16,21-22H,5-7,12-15H2,(H,27,31)(H,28,32)(H,29,30). The van der Waals surface area contributed by atoms with Crippen LogP contribution in [0.2, 0.25) is 0 Å². The van der Waals surface area contributed by atoms with Gasteiger partial charge in [-0.25, -0.2) is 4.79 Å². The Hall–Kier alpha value is -3.35. The second-order valence-electron chi connectivity index (χ2n) is 9.38. The molecule has 0 heterocycles. The summed E-state index contributed by atoms with van der Waals surface area (Å²) in [4.78, 5) is 36.9. The van der Waals surface area contributed by atoms with Gasteiger partial charge in [0.15, 0.2) is 0 Å². The fraction of sp³-hybridized carbons (Fsp3) is 0.423. The molecule has 0 saturated heterocycles. The summed E-state index contributed by atoms with van der Waals surface area (Å²) in [6, 6.07) is 16.2. The van der Waals surface area contributed by atoms with Crippen LogP contribution in [-0.4, -0.2) is 41.8 Å². The number of ether oxygens (including phenoxy) is 1. The lowest BCUT2D eigenvalue weighted by Gasteiger charge is -2.31. The SMILES string of the molecule is O=C(NC1(C(=O)NCC(C(=O)O)C2CCC2)CC1)OCC1c2ccccc2-c2ccccc21. The predicted octanol–water partition coefficient (Wildman–Crippen LogP) is 3.67. The fourth-order valence-corrected chi connectivity index (χ4v) is 5.03. The number of nitrogens with one attached hydrogen (secondary N) is 2. The topological polar surface area (TPSA) is 105 Å². The van der Waals surface area contributed by atoms with Crippen molar-refractivity contribution in [3.63, 3.8) is 0 Å². The second kappa shape index (κ2) is 8.54. The summed E-state index contributed by atoms with van der Waals surface area (Å²) in [5, 5.41) is 14.9. The molecule has 2 saturated carbocycles.